The molecule has 2 amide bonds. The van der Waals surface area contributed by atoms with E-state index < -0.39 is 12.1 Å². The van der Waals surface area contributed by atoms with Crippen molar-refractivity contribution in [1.29, 1.82) is 0 Å². The van der Waals surface area contributed by atoms with Crippen molar-refractivity contribution in [2.75, 3.05) is 23.7 Å². The minimum atomic E-state index is -0.563. The Balaban J connectivity index is 1.23. The monoisotopic (exact) mass is 703 g/mol. The van der Waals surface area contributed by atoms with Gasteiger partial charge in [-0.3, -0.25) is 9.59 Å². The SMILES string of the molecule is CC(C)c1cccc(C(C)C)c1NC(=O)C1C[C@@H]2CCC[C@@H]2[N@@+]1(O)CCC[N@@+]1(O)C(C(=O)Nc2c(C(C)C)cccc2C(C)C)C[C@@H]2CCC[C@@H]21. The highest BCUT2D eigenvalue weighted by molar-refractivity contribution is 5.96. The number of fused-ring (bicyclic) bond motifs is 2. The van der Waals surface area contributed by atoms with Crippen LogP contribution in [-0.4, -0.2) is 68.8 Å². The van der Waals surface area contributed by atoms with Crippen molar-refractivity contribution in [3.8, 4) is 0 Å². The van der Waals surface area contributed by atoms with Crippen LogP contribution in [0.25, 0.3) is 0 Å². The number of hydroxylamine groups is 6. The number of hydrogen-bond donors (Lipinski definition) is 4. The summed E-state index contributed by atoms with van der Waals surface area (Å²) in [6, 6.07) is 11.5. The van der Waals surface area contributed by atoms with Crippen LogP contribution in [-0.2, 0) is 9.59 Å². The molecule has 6 rings (SSSR count). The van der Waals surface area contributed by atoms with Crippen molar-refractivity contribution >= 4 is 23.2 Å². The van der Waals surface area contributed by atoms with Gasteiger partial charge in [-0.25, -0.2) is 10.4 Å². The summed E-state index contributed by atoms with van der Waals surface area (Å²) < 4.78 is -0.524. The summed E-state index contributed by atoms with van der Waals surface area (Å²) in [5, 5.41) is 31.9. The van der Waals surface area contributed by atoms with E-state index in [1.54, 1.807) is 0 Å². The van der Waals surface area contributed by atoms with Gasteiger partial charge in [0.25, 0.3) is 11.8 Å². The molecule has 4 fully saturated rings. The van der Waals surface area contributed by atoms with Crippen molar-refractivity contribution in [3.63, 3.8) is 0 Å². The first-order chi connectivity index (χ1) is 24.2. The molecular formula is C43H66N4O4+2. The van der Waals surface area contributed by atoms with Gasteiger partial charge in [-0.05, 0) is 71.6 Å². The molecule has 8 heteroatoms. The Morgan fingerprint density at radius 3 is 1.25 bits per heavy atom. The predicted molar refractivity (Wildman–Crippen MR) is 204 cm³/mol. The fourth-order valence-corrected chi connectivity index (χ4v) is 10.8. The van der Waals surface area contributed by atoms with E-state index in [1.165, 1.54) is 0 Å². The number of anilines is 2. The molecule has 2 unspecified atom stereocenters. The van der Waals surface area contributed by atoms with Crippen LogP contribution in [0.5, 0.6) is 0 Å². The van der Waals surface area contributed by atoms with Gasteiger partial charge in [0.2, 0.25) is 0 Å². The van der Waals surface area contributed by atoms with E-state index in [1.807, 2.05) is 0 Å². The predicted octanol–water partition coefficient (Wildman–Crippen LogP) is 9.44. The maximum atomic E-state index is 14.3. The molecular weight excluding hydrogens is 636 g/mol. The standard InChI is InChI=1S/C43H64N4O4/c1-26(2)32-16-11-17-33(27(3)4)40(32)44-42(48)38-24-30-14-9-20-36(30)46(38,50)22-13-23-47(51)37-21-10-15-31(37)25-39(47)43(49)45-41-34(28(5)6)18-12-19-35(41)29(7)8/h11-12,16-19,26-31,36-39,50-51H,9-10,13-15,20-25H2,1-8H3/p+2/t30-,31-,36-,37-,38?,39?,46-,47-/m0/s1. The number of benzene rings is 2. The second-order valence-corrected chi connectivity index (χ2v) is 17.8. The Morgan fingerprint density at radius 2 is 0.941 bits per heavy atom. The molecule has 4 N–H and O–H groups in total. The van der Waals surface area contributed by atoms with Crippen LogP contribution in [0.2, 0.25) is 0 Å². The van der Waals surface area contributed by atoms with E-state index in [9.17, 15) is 20.0 Å². The summed E-state index contributed by atoms with van der Waals surface area (Å²) in [4.78, 5) is 28.6. The molecule has 8 atom stereocenters. The molecule has 4 aliphatic rings. The number of rotatable bonds is 12. The number of amides is 2. The van der Waals surface area contributed by atoms with Crippen molar-refractivity contribution in [3.05, 3.63) is 58.7 Å². The maximum absolute atomic E-state index is 14.3. The topological polar surface area (TPSA) is 98.7 Å². The molecule has 2 aliphatic heterocycles. The molecule has 2 aromatic carbocycles. The Labute approximate surface area is 307 Å². The Hall–Kier alpha value is -2.78. The lowest BCUT2D eigenvalue weighted by molar-refractivity contribution is -1.14. The number of carbonyl (C=O) groups is 2. The number of para-hydroxylation sites is 2. The lowest BCUT2D eigenvalue weighted by Gasteiger charge is -2.39. The smallest absolute Gasteiger partial charge is 0.285 e. The van der Waals surface area contributed by atoms with E-state index in [0.29, 0.717) is 44.2 Å². The third-order valence-electron chi connectivity index (χ3n) is 13.4. The van der Waals surface area contributed by atoms with Crippen molar-refractivity contribution in [2.24, 2.45) is 11.8 Å². The fourth-order valence-electron chi connectivity index (χ4n) is 10.8. The summed E-state index contributed by atoms with van der Waals surface area (Å²) in [6.45, 7) is 18.0. The van der Waals surface area contributed by atoms with Gasteiger partial charge in [-0.2, -0.15) is 9.29 Å². The summed E-state index contributed by atoms with van der Waals surface area (Å²) in [7, 11) is 0. The van der Waals surface area contributed by atoms with E-state index in [4.69, 9.17) is 0 Å². The average molecular weight is 703 g/mol. The first kappa shape index (κ1) is 38.0. The van der Waals surface area contributed by atoms with Crippen LogP contribution in [0.1, 0.15) is 159 Å². The highest BCUT2D eigenvalue weighted by Gasteiger charge is 2.62. The van der Waals surface area contributed by atoms with Gasteiger partial charge in [-0.15, -0.1) is 0 Å². The second kappa shape index (κ2) is 14.9. The van der Waals surface area contributed by atoms with Gasteiger partial charge in [0.15, 0.2) is 12.1 Å². The fraction of sp³-hybridized carbons (Fsp3) is 0.674. The van der Waals surface area contributed by atoms with Gasteiger partial charge in [0.05, 0.1) is 6.42 Å². The zero-order valence-electron chi connectivity index (χ0n) is 32.6. The number of carbonyl (C=O) groups excluding carboxylic acids is 2. The van der Waals surface area contributed by atoms with Gasteiger partial charge < -0.3 is 10.6 Å². The van der Waals surface area contributed by atoms with Crippen molar-refractivity contribution in [1.82, 2.24) is 0 Å². The van der Waals surface area contributed by atoms with Crippen LogP contribution < -0.4 is 10.6 Å². The number of nitrogens with zero attached hydrogens (tertiary/aromatic N) is 2. The highest BCUT2D eigenvalue weighted by atomic mass is 16.6. The van der Waals surface area contributed by atoms with Crippen molar-refractivity contribution < 1.29 is 29.3 Å². The number of quaternary nitrogens is 2. The number of hydrogen-bond acceptors (Lipinski definition) is 4. The Bertz CT molecular complexity index is 1420. The zero-order valence-corrected chi connectivity index (χ0v) is 32.6. The van der Waals surface area contributed by atoms with Crippen molar-refractivity contribution in [2.45, 2.75) is 161 Å². The van der Waals surface area contributed by atoms with Crippen LogP contribution in [0.3, 0.4) is 0 Å². The third-order valence-corrected chi connectivity index (χ3v) is 13.4. The zero-order chi connectivity index (χ0) is 36.8. The quantitative estimate of drug-likeness (QED) is 0.166. The third kappa shape index (κ3) is 7.03. The molecule has 280 valence electrons. The molecule has 0 spiro atoms. The molecule has 8 nitrogen and oxygen atoms in total. The van der Waals surface area contributed by atoms with Crippen LogP contribution >= 0.6 is 0 Å². The average Bonchev–Trinajstić information content (AvgIpc) is 3.85. The molecule has 2 heterocycles. The molecule has 0 aromatic heterocycles. The van der Waals surface area contributed by atoms with E-state index in [2.05, 4.69) is 102 Å². The summed E-state index contributed by atoms with van der Waals surface area (Å²) >= 11 is 0. The number of likely N-dealkylation sites (tertiary alicyclic amines) is 2. The molecule has 51 heavy (non-hydrogen) atoms. The van der Waals surface area contributed by atoms with Gasteiger partial charge in [-0.1, -0.05) is 91.8 Å². The molecule has 2 aromatic rings. The molecule has 2 saturated carbocycles. The minimum absolute atomic E-state index is 0.0247. The largest absolute Gasteiger partial charge is 0.320 e. The first-order valence-corrected chi connectivity index (χ1v) is 20.2. The van der Waals surface area contributed by atoms with Crippen LogP contribution in [0.15, 0.2) is 36.4 Å². The molecule has 2 aliphatic carbocycles. The van der Waals surface area contributed by atoms with Gasteiger partial charge in [0, 0.05) is 48.9 Å². The Kier molecular flexibility index (Phi) is 11.1. The van der Waals surface area contributed by atoms with Gasteiger partial charge in [0.1, 0.15) is 25.2 Å². The molecule has 2 saturated heterocycles. The van der Waals surface area contributed by atoms with E-state index >= 15 is 0 Å². The van der Waals surface area contributed by atoms with E-state index in [0.717, 1.165) is 72.2 Å². The summed E-state index contributed by atoms with van der Waals surface area (Å²) in [6.07, 6.45) is 7.92. The second-order valence-electron chi connectivity index (χ2n) is 17.8. The van der Waals surface area contributed by atoms with Crippen LogP contribution in [0.4, 0.5) is 11.4 Å². The number of nitrogens with one attached hydrogen (secondary N) is 2. The van der Waals surface area contributed by atoms with Gasteiger partial charge >= 0.3 is 0 Å². The molecule has 0 radical (unpaired) electrons. The van der Waals surface area contributed by atoms with Crippen LogP contribution in [0, 0.1) is 11.8 Å². The normalized spacial score (nSPS) is 31.6. The summed E-state index contributed by atoms with van der Waals surface area (Å²) in [5.41, 5.74) is 6.28. The minimum Gasteiger partial charge on any atom is -0.320 e. The summed E-state index contributed by atoms with van der Waals surface area (Å²) in [5.74, 6) is 1.42. The highest BCUT2D eigenvalue weighted by Crippen LogP contribution is 2.48. The first-order valence-electron chi connectivity index (χ1n) is 20.2. The lowest BCUT2D eigenvalue weighted by atomic mass is 9.92. The lowest BCUT2D eigenvalue weighted by Crippen LogP contribution is -2.61. The Morgan fingerprint density at radius 1 is 0.608 bits per heavy atom. The molecule has 0 bridgehead atoms. The van der Waals surface area contributed by atoms with E-state index in [-0.39, 0.29) is 56.9 Å². The maximum Gasteiger partial charge on any atom is 0.285 e.